The van der Waals surface area contributed by atoms with E-state index in [2.05, 4.69) is 31.9 Å². The van der Waals surface area contributed by atoms with E-state index >= 15 is 0 Å². The highest BCUT2D eigenvalue weighted by molar-refractivity contribution is 9.11. The fourth-order valence-corrected chi connectivity index (χ4v) is 3.19. The molecule has 0 radical (unpaired) electrons. The Balaban J connectivity index is 2.13. The van der Waals surface area contributed by atoms with Crippen molar-refractivity contribution in [1.82, 2.24) is 0 Å². The molecule has 2 rings (SSSR count). The summed E-state index contributed by atoms with van der Waals surface area (Å²) < 4.78 is 7.27. The molecule has 0 atom stereocenters. The van der Waals surface area contributed by atoms with E-state index in [4.69, 9.17) is 4.74 Å². The van der Waals surface area contributed by atoms with Gasteiger partial charge in [-0.1, -0.05) is 29.8 Å². The Morgan fingerprint density at radius 1 is 1.10 bits per heavy atom. The van der Waals surface area contributed by atoms with Crippen LogP contribution in [0.1, 0.15) is 21.5 Å². The minimum Gasteiger partial charge on any atom is -0.483 e. The third-order valence-corrected chi connectivity index (χ3v) is 4.20. The third kappa shape index (κ3) is 3.49. The van der Waals surface area contributed by atoms with Crippen LogP contribution in [-0.2, 0) is 0 Å². The second-order valence-electron chi connectivity index (χ2n) is 4.58. The third-order valence-electron chi connectivity index (χ3n) is 2.95. The summed E-state index contributed by atoms with van der Waals surface area (Å²) in [7, 11) is 0. The van der Waals surface area contributed by atoms with Gasteiger partial charge in [-0.05, 0) is 63.4 Å². The molecule has 0 heterocycles. The lowest BCUT2D eigenvalue weighted by Crippen LogP contribution is -2.13. The van der Waals surface area contributed by atoms with Crippen LogP contribution in [0, 0.1) is 13.8 Å². The van der Waals surface area contributed by atoms with Crippen LogP contribution in [0.5, 0.6) is 5.75 Å². The zero-order valence-corrected chi connectivity index (χ0v) is 14.4. The van der Waals surface area contributed by atoms with E-state index in [1.165, 1.54) is 0 Å². The van der Waals surface area contributed by atoms with Gasteiger partial charge in [0.2, 0.25) is 0 Å². The van der Waals surface area contributed by atoms with Gasteiger partial charge in [0.15, 0.2) is 12.4 Å². The number of aryl methyl sites for hydroxylation is 2. The molecule has 2 aromatic carbocycles. The number of para-hydroxylation sites is 1. The van der Waals surface area contributed by atoms with Gasteiger partial charge < -0.3 is 4.74 Å². The predicted molar refractivity (Wildman–Crippen MR) is 87.6 cm³/mol. The highest BCUT2D eigenvalue weighted by Crippen LogP contribution is 2.33. The van der Waals surface area contributed by atoms with Gasteiger partial charge in [0.1, 0.15) is 5.75 Å². The number of benzene rings is 2. The molecule has 0 saturated heterocycles. The van der Waals surface area contributed by atoms with E-state index in [1.54, 1.807) is 0 Å². The summed E-state index contributed by atoms with van der Waals surface area (Å²) in [4.78, 5) is 12.2. The first-order chi connectivity index (χ1) is 9.49. The van der Waals surface area contributed by atoms with Gasteiger partial charge in [-0.25, -0.2) is 0 Å². The van der Waals surface area contributed by atoms with Crippen LogP contribution in [0.2, 0.25) is 0 Å². The number of Topliss-reactive ketones (excluding diaryl/α,β-unsaturated/α-hetero) is 1. The molecule has 0 aliphatic heterocycles. The molecule has 0 N–H and O–H groups in total. The maximum Gasteiger partial charge on any atom is 0.200 e. The summed E-state index contributed by atoms with van der Waals surface area (Å²) in [5, 5.41) is 0. The Morgan fingerprint density at radius 2 is 1.75 bits per heavy atom. The lowest BCUT2D eigenvalue weighted by atomic mass is 10.0. The van der Waals surface area contributed by atoms with E-state index in [0.29, 0.717) is 11.3 Å². The lowest BCUT2D eigenvalue weighted by molar-refractivity contribution is 0.0920. The molecule has 0 aromatic heterocycles. The average Bonchev–Trinajstić information content (AvgIpc) is 2.37. The largest absolute Gasteiger partial charge is 0.483 e. The molecule has 2 aromatic rings. The minimum absolute atomic E-state index is 0.0190. The molecular weight excluding hydrogens is 384 g/mol. The van der Waals surface area contributed by atoms with Crippen LogP contribution in [-0.4, -0.2) is 12.4 Å². The predicted octanol–water partition coefficient (Wildman–Crippen LogP) is 5.09. The van der Waals surface area contributed by atoms with Gasteiger partial charge in [-0.15, -0.1) is 0 Å². The summed E-state index contributed by atoms with van der Waals surface area (Å²) in [6.45, 7) is 3.97. The summed E-state index contributed by atoms with van der Waals surface area (Å²) >= 11 is 6.82. The molecule has 104 valence electrons. The van der Waals surface area contributed by atoms with E-state index in [1.807, 2.05) is 50.2 Å². The van der Waals surface area contributed by atoms with Gasteiger partial charge in [0.25, 0.3) is 0 Å². The number of hydrogen-bond acceptors (Lipinski definition) is 2. The lowest BCUT2D eigenvalue weighted by Gasteiger charge is -2.10. The molecule has 0 fully saturated rings. The molecule has 0 aliphatic carbocycles. The molecule has 0 spiro atoms. The zero-order chi connectivity index (χ0) is 14.7. The highest BCUT2D eigenvalue weighted by atomic mass is 79.9. The van der Waals surface area contributed by atoms with Crippen molar-refractivity contribution in [3.63, 3.8) is 0 Å². The number of ether oxygens (including phenoxy) is 1. The van der Waals surface area contributed by atoms with Crippen LogP contribution >= 0.6 is 31.9 Å². The molecule has 0 aliphatic rings. The van der Waals surface area contributed by atoms with Gasteiger partial charge in [0.05, 0.1) is 8.95 Å². The molecule has 20 heavy (non-hydrogen) atoms. The van der Waals surface area contributed by atoms with Crippen molar-refractivity contribution in [1.29, 1.82) is 0 Å². The maximum absolute atomic E-state index is 12.2. The monoisotopic (exact) mass is 396 g/mol. The van der Waals surface area contributed by atoms with Gasteiger partial charge in [-0.2, -0.15) is 0 Å². The number of hydrogen-bond donors (Lipinski definition) is 0. The fourth-order valence-electron chi connectivity index (χ4n) is 1.96. The minimum atomic E-state index is -0.0230. The molecule has 0 amide bonds. The van der Waals surface area contributed by atoms with Crippen molar-refractivity contribution >= 4 is 37.6 Å². The molecular formula is C16H14Br2O2. The van der Waals surface area contributed by atoms with Crippen molar-refractivity contribution in [3.8, 4) is 5.75 Å². The second-order valence-corrected chi connectivity index (χ2v) is 6.29. The summed E-state index contributed by atoms with van der Waals surface area (Å²) in [6, 6.07) is 11.4. The van der Waals surface area contributed by atoms with Crippen LogP contribution in [0.4, 0.5) is 0 Å². The average molecular weight is 398 g/mol. The molecule has 2 nitrogen and oxygen atoms in total. The molecule has 4 heteroatoms. The molecule has 0 unspecified atom stereocenters. The number of halogens is 2. The van der Waals surface area contributed by atoms with Gasteiger partial charge in [-0.3, -0.25) is 4.79 Å². The van der Waals surface area contributed by atoms with Crippen molar-refractivity contribution in [2.24, 2.45) is 0 Å². The Labute approximate surface area is 135 Å². The van der Waals surface area contributed by atoms with Crippen molar-refractivity contribution in [3.05, 3.63) is 62.0 Å². The maximum atomic E-state index is 12.2. The summed E-state index contributed by atoms with van der Waals surface area (Å²) in [5.41, 5.74) is 2.83. The van der Waals surface area contributed by atoms with Crippen LogP contribution in [0.15, 0.2) is 45.3 Å². The van der Waals surface area contributed by atoms with E-state index in [9.17, 15) is 4.79 Å². The van der Waals surface area contributed by atoms with Gasteiger partial charge in [0, 0.05) is 5.56 Å². The fraction of sp³-hybridized carbons (Fsp3) is 0.188. The number of carbonyl (C=O) groups excluding carboxylic acids is 1. The Hall–Kier alpha value is -1.13. The van der Waals surface area contributed by atoms with Crippen LogP contribution in [0.3, 0.4) is 0 Å². The summed E-state index contributed by atoms with van der Waals surface area (Å²) in [5.74, 6) is 0.621. The summed E-state index contributed by atoms with van der Waals surface area (Å²) in [6.07, 6.45) is 0. The molecule has 0 bridgehead atoms. The first-order valence-electron chi connectivity index (χ1n) is 6.16. The standard InChI is InChI=1S/C16H14Br2O2/c1-10-6-7-12(11(2)8-10)15(19)9-20-16-13(17)4-3-5-14(16)18/h3-8H,9H2,1-2H3. The Kier molecular flexibility index (Phi) is 5.00. The first kappa shape index (κ1) is 15.3. The van der Waals surface area contributed by atoms with E-state index < -0.39 is 0 Å². The van der Waals surface area contributed by atoms with E-state index in [0.717, 1.165) is 20.1 Å². The van der Waals surface area contributed by atoms with Crippen LogP contribution < -0.4 is 4.74 Å². The quantitative estimate of drug-likeness (QED) is 0.671. The topological polar surface area (TPSA) is 26.3 Å². The van der Waals surface area contributed by atoms with Gasteiger partial charge >= 0.3 is 0 Å². The SMILES string of the molecule is Cc1ccc(C(=O)COc2c(Br)cccc2Br)c(C)c1. The normalized spacial score (nSPS) is 10.4. The zero-order valence-electron chi connectivity index (χ0n) is 11.2. The van der Waals surface area contributed by atoms with E-state index in [-0.39, 0.29) is 12.4 Å². The Bertz CT molecular complexity index is 631. The van der Waals surface area contributed by atoms with Crippen molar-refractivity contribution < 1.29 is 9.53 Å². The number of carbonyl (C=O) groups is 1. The van der Waals surface area contributed by atoms with Crippen molar-refractivity contribution in [2.75, 3.05) is 6.61 Å². The first-order valence-corrected chi connectivity index (χ1v) is 7.75. The number of ketones is 1. The smallest absolute Gasteiger partial charge is 0.200 e. The highest BCUT2D eigenvalue weighted by Gasteiger charge is 2.12. The second kappa shape index (κ2) is 6.55. The van der Waals surface area contributed by atoms with Crippen LogP contribution in [0.25, 0.3) is 0 Å². The Morgan fingerprint density at radius 3 is 2.35 bits per heavy atom. The molecule has 0 saturated carbocycles. The van der Waals surface area contributed by atoms with Crippen molar-refractivity contribution in [2.45, 2.75) is 13.8 Å². The number of rotatable bonds is 4.